The third-order valence-electron chi connectivity index (χ3n) is 7.15. The molecule has 29 heavy (non-hydrogen) atoms. The Bertz CT molecular complexity index is 890. The number of fused-ring (bicyclic) bond motifs is 1. The van der Waals surface area contributed by atoms with Crippen LogP contribution in [-0.2, 0) is 23.0 Å². The van der Waals surface area contributed by atoms with Gasteiger partial charge in [-0.1, -0.05) is 6.92 Å². The van der Waals surface area contributed by atoms with Crippen molar-refractivity contribution in [3.05, 3.63) is 27.4 Å². The lowest BCUT2D eigenvalue weighted by Gasteiger charge is -2.38. The standard InChI is InChI=1S/C21H34N4O3S/c1-3-29(27,28)25-11-4-5-16(13-25)20-22-19-10-12-24(14-18(19)21(26)23-20)17-8-6-15(2)7-9-17/h15-17H,3-14H2,1-2H3,(H,22,23,26)/t15?,16-,17?/m0/s1. The molecular formula is C21H34N4O3S. The van der Waals surface area contributed by atoms with E-state index in [-0.39, 0.29) is 17.2 Å². The zero-order valence-electron chi connectivity index (χ0n) is 17.7. The SMILES string of the molecule is CCS(=O)(=O)N1CCC[C@H](c2nc3c(c(=O)[nH]2)CN(C2CCC(C)CC2)CC3)C1. The van der Waals surface area contributed by atoms with E-state index in [9.17, 15) is 13.2 Å². The van der Waals surface area contributed by atoms with Gasteiger partial charge in [-0.2, -0.15) is 0 Å². The number of aromatic amines is 1. The number of hydrogen-bond acceptors (Lipinski definition) is 5. The van der Waals surface area contributed by atoms with Gasteiger partial charge >= 0.3 is 0 Å². The maximum atomic E-state index is 12.9. The molecule has 1 aliphatic carbocycles. The Morgan fingerprint density at radius 2 is 1.90 bits per heavy atom. The van der Waals surface area contributed by atoms with Crippen molar-refractivity contribution >= 4 is 10.0 Å². The van der Waals surface area contributed by atoms with Gasteiger partial charge < -0.3 is 4.98 Å². The van der Waals surface area contributed by atoms with Crippen molar-refractivity contribution < 1.29 is 8.42 Å². The molecule has 1 saturated heterocycles. The molecule has 8 heteroatoms. The van der Waals surface area contributed by atoms with Gasteiger partial charge in [0.1, 0.15) is 5.82 Å². The van der Waals surface area contributed by atoms with E-state index in [1.807, 2.05) is 0 Å². The highest BCUT2D eigenvalue weighted by molar-refractivity contribution is 7.89. The van der Waals surface area contributed by atoms with E-state index in [2.05, 4.69) is 16.8 Å². The number of piperidine rings is 1. The zero-order valence-corrected chi connectivity index (χ0v) is 18.5. The molecule has 1 saturated carbocycles. The third-order valence-corrected chi connectivity index (χ3v) is 9.00. The molecule has 2 aliphatic heterocycles. The highest BCUT2D eigenvalue weighted by atomic mass is 32.2. The summed E-state index contributed by atoms with van der Waals surface area (Å²) in [6, 6.07) is 0.588. The second-order valence-corrected chi connectivity index (χ2v) is 11.4. The number of H-pyrrole nitrogens is 1. The van der Waals surface area contributed by atoms with Crippen LogP contribution in [0.4, 0.5) is 0 Å². The van der Waals surface area contributed by atoms with Crippen LogP contribution >= 0.6 is 0 Å². The summed E-state index contributed by atoms with van der Waals surface area (Å²) >= 11 is 0. The van der Waals surface area contributed by atoms with Crippen LogP contribution in [0.5, 0.6) is 0 Å². The highest BCUT2D eigenvalue weighted by Crippen LogP contribution is 2.30. The minimum absolute atomic E-state index is 0.0269. The molecule has 1 aromatic rings. The molecule has 0 unspecified atom stereocenters. The van der Waals surface area contributed by atoms with Crippen molar-refractivity contribution in [2.24, 2.45) is 5.92 Å². The number of hydrogen-bond donors (Lipinski definition) is 1. The van der Waals surface area contributed by atoms with Gasteiger partial charge in [0.2, 0.25) is 10.0 Å². The number of sulfonamides is 1. The quantitative estimate of drug-likeness (QED) is 0.804. The fourth-order valence-corrected chi connectivity index (χ4v) is 6.36. The molecule has 0 bridgehead atoms. The van der Waals surface area contributed by atoms with Gasteiger partial charge in [0.15, 0.2) is 0 Å². The van der Waals surface area contributed by atoms with E-state index in [4.69, 9.17) is 4.98 Å². The van der Waals surface area contributed by atoms with Gasteiger partial charge in [-0.25, -0.2) is 17.7 Å². The van der Waals surface area contributed by atoms with Gasteiger partial charge in [-0.05, 0) is 51.4 Å². The van der Waals surface area contributed by atoms with E-state index in [0.717, 1.165) is 43.0 Å². The molecule has 7 nitrogen and oxygen atoms in total. The summed E-state index contributed by atoms with van der Waals surface area (Å²) in [4.78, 5) is 23.2. The number of nitrogens with zero attached hydrogens (tertiary/aromatic N) is 3. The zero-order chi connectivity index (χ0) is 20.6. The molecule has 4 rings (SSSR count). The normalized spacial score (nSPS) is 29.5. The predicted octanol–water partition coefficient (Wildman–Crippen LogP) is 2.24. The van der Waals surface area contributed by atoms with Crippen molar-refractivity contribution in [1.82, 2.24) is 19.2 Å². The maximum Gasteiger partial charge on any atom is 0.255 e. The number of rotatable bonds is 4. The largest absolute Gasteiger partial charge is 0.310 e. The van der Waals surface area contributed by atoms with Gasteiger partial charge in [0.25, 0.3) is 5.56 Å². The molecule has 3 heterocycles. The molecule has 3 aliphatic rings. The van der Waals surface area contributed by atoms with E-state index in [1.165, 1.54) is 25.7 Å². The molecule has 0 amide bonds. The Morgan fingerprint density at radius 1 is 1.14 bits per heavy atom. The van der Waals surface area contributed by atoms with E-state index < -0.39 is 10.0 Å². The van der Waals surface area contributed by atoms with Crippen molar-refractivity contribution in [2.75, 3.05) is 25.4 Å². The second-order valence-electron chi connectivity index (χ2n) is 9.11. The highest BCUT2D eigenvalue weighted by Gasteiger charge is 2.32. The smallest absolute Gasteiger partial charge is 0.255 e. The minimum atomic E-state index is -3.21. The average molecular weight is 423 g/mol. The van der Waals surface area contributed by atoms with Crippen molar-refractivity contribution in [1.29, 1.82) is 0 Å². The predicted molar refractivity (Wildman–Crippen MR) is 113 cm³/mol. The summed E-state index contributed by atoms with van der Waals surface area (Å²) in [5, 5.41) is 0. The van der Waals surface area contributed by atoms with Crippen LogP contribution < -0.4 is 5.56 Å². The molecule has 0 aromatic carbocycles. The lowest BCUT2D eigenvalue weighted by Crippen LogP contribution is -2.44. The molecule has 0 radical (unpaired) electrons. The van der Waals surface area contributed by atoms with E-state index in [0.29, 0.717) is 31.5 Å². The average Bonchev–Trinajstić information content (AvgIpc) is 2.74. The first-order valence-corrected chi connectivity index (χ1v) is 12.8. The van der Waals surface area contributed by atoms with Crippen LogP contribution in [0.3, 0.4) is 0 Å². The van der Waals surface area contributed by atoms with Crippen LogP contribution in [-0.4, -0.2) is 59.0 Å². The number of aromatic nitrogens is 2. The van der Waals surface area contributed by atoms with Crippen LogP contribution in [0.15, 0.2) is 4.79 Å². The first kappa shape index (κ1) is 21.0. The minimum Gasteiger partial charge on any atom is -0.310 e. The van der Waals surface area contributed by atoms with Crippen LogP contribution in [0, 0.1) is 5.92 Å². The molecule has 1 N–H and O–H groups in total. The van der Waals surface area contributed by atoms with Gasteiger partial charge in [0.05, 0.1) is 17.0 Å². The Kier molecular flexibility index (Phi) is 6.14. The van der Waals surface area contributed by atoms with Gasteiger partial charge in [-0.3, -0.25) is 9.69 Å². The molecular weight excluding hydrogens is 388 g/mol. The van der Waals surface area contributed by atoms with E-state index in [1.54, 1.807) is 11.2 Å². The van der Waals surface area contributed by atoms with Crippen LogP contribution in [0.25, 0.3) is 0 Å². The first-order chi connectivity index (χ1) is 13.9. The van der Waals surface area contributed by atoms with Crippen LogP contribution in [0.1, 0.15) is 75.4 Å². The van der Waals surface area contributed by atoms with Crippen molar-refractivity contribution in [3.63, 3.8) is 0 Å². The summed E-state index contributed by atoms with van der Waals surface area (Å²) in [5.74, 6) is 1.58. The first-order valence-electron chi connectivity index (χ1n) is 11.2. The van der Waals surface area contributed by atoms with E-state index >= 15 is 0 Å². The fourth-order valence-electron chi connectivity index (χ4n) is 5.18. The van der Waals surface area contributed by atoms with Crippen LogP contribution in [0.2, 0.25) is 0 Å². The van der Waals surface area contributed by atoms with Gasteiger partial charge in [-0.15, -0.1) is 0 Å². The molecule has 162 valence electrons. The lowest BCUT2D eigenvalue weighted by molar-refractivity contribution is 0.124. The monoisotopic (exact) mass is 422 g/mol. The Balaban J connectivity index is 1.50. The third kappa shape index (κ3) is 4.44. The summed E-state index contributed by atoms with van der Waals surface area (Å²) < 4.78 is 26.1. The topological polar surface area (TPSA) is 86.4 Å². The summed E-state index contributed by atoms with van der Waals surface area (Å²) in [5.41, 5.74) is 1.70. The second kappa shape index (κ2) is 8.47. The Labute approximate surface area is 173 Å². The van der Waals surface area contributed by atoms with Gasteiger partial charge in [0, 0.05) is 44.6 Å². The van der Waals surface area contributed by atoms with Crippen molar-refractivity contribution in [3.8, 4) is 0 Å². The molecule has 1 atom stereocenters. The number of nitrogens with one attached hydrogen (secondary N) is 1. The summed E-state index contributed by atoms with van der Waals surface area (Å²) in [6.07, 6.45) is 7.48. The lowest BCUT2D eigenvalue weighted by atomic mass is 9.86. The molecule has 0 spiro atoms. The molecule has 1 aromatic heterocycles. The summed E-state index contributed by atoms with van der Waals surface area (Å²) in [6.45, 7) is 6.65. The Hall–Kier alpha value is -1.25. The maximum absolute atomic E-state index is 12.9. The Morgan fingerprint density at radius 3 is 2.62 bits per heavy atom. The fraction of sp³-hybridized carbons (Fsp3) is 0.810. The molecule has 2 fully saturated rings. The summed E-state index contributed by atoms with van der Waals surface area (Å²) in [7, 11) is -3.21. The van der Waals surface area contributed by atoms with Crippen molar-refractivity contribution in [2.45, 2.75) is 77.3 Å².